The smallest absolute Gasteiger partial charge is 0.276 e. The van der Waals surface area contributed by atoms with Gasteiger partial charge in [0, 0.05) is 11.3 Å². The van der Waals surface area contributed by atoms with Gasteiger partial charge < -0.3 is 18.6 Å². The molecule has 1 unspecified atom stereocenters. The van der Waals surface area contributed by atoms with Crippen LogP contribution in [0, 0.1) is 22.7 Å². The number of rotatable bonds is 8. The fraction of sp³-hybridized carbons (Fsp3) is 0.630. The number of methoxy groups -OCH3 is 3. The molecule has 2 aromatic rings. The van der Waals surface area contributed by atoms with Crippen LogP contribution < -0.4 is 14.2 Å². The van der Waals surface area contributed by atoms with Crippen LogP contribution in [0.25, 0.3) is 11.5 Å². The van der Waals surface area contributed by atoms with E-state index in [9.17, 15) is 0 Å². The van der Waals surface area contributed by atoms with E-state index in [1.807, 2.05) is 12.1 Å². The van der Waals surface area contributed by atoms with Gasteiger partial charge in [-0.05, 0) is 66.9 Å². The molecule has 7 heteroatoms. The lowest BCUT2D eigenvalue weighted by atomic mass is 9.47. The van der Waals surface area contributed by atoms with Crippen LogP contribution in [0.2, 0.25) is 0 Å². The number of hydrogen-bond acceptors (Lipinski definition) is 7. The van der Waals surface area contributed by atoms with E-state index < -0.39 is 0 Å². The molecule has 186 valence electrons. The lowest BCUT2D eigenvalue weighted by Gasteiger charge is -2.58. The number of allylic oxidation sites excluding steroid dienone is 1. The zero-order valence-electron chi connectivity index (χ0n) is 21.4. The first-order valence-electron chi connectivity index (χ1n) is 12.2. The first kappa shape index (κ1) is 25.0. The zero-order chi connectivity index (χ0) is 24.5. The second-order valence-electron chi connectivity index (χ2n) is 10.6. The highest BCUT2D eigenvalue weighted by Crippen LogP contribution is 2.61. The molecule has 4 rings (SSSR count). The summed E-state index contributed by atoms with van der Waals surface area (Å²) in [6.45, 7) is 12.0. The highest BCUT2D eigenvalue weighted by Gasteiger charge is 2.52. The van der Waals surface area contributed by atoms with Gasteiger partial charge in [-0.15, -0.1) is 10.2 Å². The standard InChI is InChI=1S/C27H38N2O4S/c1-17-9-10-22-26(2,3)12-8-13-27(22,4)19(17)11-14-34-25-29-28-24(33-25)18-15-20(30-5)23(32-7)21(16-18)31-6/h15-16,19,22H,1,8-14H2,2-7H3/t19-,22?,27-/m1/s1. The van der Waals surface area contributed by atoms with Gasteiger partial charge in [-0.3, -0.25) is 0 Å². The largest absolute Gasteiger partial charge is 0.493 e. The number of nitrogens with zero attached hydrogens (tertiary/aromatic N) is 2. The Labute approximate surface area is 207 Å². The van der Waals surface area contributed by atoms with Crippen molar-refractivity contribution >= 4 is 11.8 Å². The molecule has 0 bridgehead atoms. The van der Waals surface area contributed by atoms with E-state index in [1.54, 1.807) is 33.1 Å². The molecule has 34 heavy (non-hydrogen) atoms. The summed E-state index contributed by atoms with van der Waals surface area (Å²) >= 11 is 1.63. The summed E-state index contributed by atoms with van der Waals surface area (Å²) in [5, 5.41) is 9.12. The number of benzene rings is 1. The third kappa shape index (κ3) is 4.56. The Morgan fingerprint density at radius 1 is 1.06 bits per heavy atom. The minimum absolute atomic E-state index is 0.341. The van der Waals surface area contributed by atoms with Crippen molar-refractivity contribution in [2.75, 3.05) is 27.1 Å². The first-order chi connectivity index (χ1) is 16.2. The van der Waals surface area contributed by atoms with Gasteiger partial charge >= 0.3 is 0 Å². The molecule has 2 saturated carbocycles. The zero-order valence-corrected chi connectivity index (χ0v) is 22.2. The van der Waals surface area contributed by atoms with Crippen LogP contribution in [-0.4, -0.2) is 37.3 Å². The topological polar surface area (TPSA) is 66.6 Å². The SMILES string of the molecule is C=C1CCC2C(C)(C)CCC[C@]2(C)[C@@H]1CCSc1nnc(-c2cc(OC)c(OC)c(OC)c2)o1. The van der Waals surface area contributed by atoms with Crippen LogP contribution in [0.3, 0.4) is 0 Å². The maximum absolute atomic E-state index is 5.99. The number of aromatic nitrogens is 2. The van der Waals surface area contributed by atoms with Gasteiger partial charge in [-0.25, -0.2) is 0 Å². The van der Waals surface area contributed by atoms with Crippen LogP contribution in [-0.2, 0) is 0 Å². The molecule has 1 aromatic heterocycles. The minimum atomic E-state index is 0.341. The van der Waals surface area contributed by atoms with Gasteiger partial charge in [0.05, 0.1) is 21.3 Å². The fourth-order valence-corrected chi connectivity index (χ4v) is 7.43. The quantitative estimate of drug-likeness (QED) is 0.293. The third-order valence-corrected chi connectivity index (χ3v) is 9.12. The van der Waals surface area contributed by atoms with Crippen LogP contribution in [0.1, 0.15) is 59.3 Å². The van der Waals surface area contributed by atoms with Crippen molar-refractivity contribution in [2.45, 2.75) is 64.5 Å². The van der Waals surface area contributed by atoms with E-state index in [0.29, 0.717) is 45.1 Å². The predicted molar refractivity (Wildman–Crippen MR) is 136 cm³/mol. The van der Waals surface area contributed by atoms with Crippen molar-refractivity contribution in [3.8, 4) is 28.7 Å². The molecule has 0 amide bonds. The Hall–Kier alpha value is -2.15. The maximum Gasteiger partial charge on any atom is 0.276 e. The second-order valence-corrected chi connectivity index (χ2v) is 11.6. The Morgan fingerprint density at radius 2 is 1.76 bits per heavy atom. The van der Waals surface area contributed by atoms with E-state index in [0.717, 1.165) is 30.1 Å². The Kier molecular flexibility index (Phi) is 7.22. The molecule has 0 saturated heterocycles. The Balaban J connectivity index is 1.45. The summed E-state index contributed by atoms with van der Waals surface area (Å²) in [5.41, 5.74) is 2.92. The molecule has 6 nitrogen and oxygen atoms in total. The second kappa shape index (κ2) is 9.84. The van der Waals surface area contributed by atoms with Crippen molar-refractivity contribution < 1.29 is 18.6 Å². The van der Waals surface area contributed by atoms with Crippen molar-refractivity contribution in [3.63, 3.8) is 0 Å². The van der Waals surface area contributed by atoms with E-state index in [2.05, 4.69) is 37.5 Å². The predicted octanol–water partition coefficient (Wildman–Crippen LogP) is 7.04. The number of ether oxygens (including phenoxy) is 3. The van der Waals surface area contributed by atoms with Crippen molar-refractivity contribution in [1.29, 1.82) is 0 Å². The lowest BCUT2D eigenvalue weighted by Crippen LogP contribution is -2.49. The minimum Gasteiger partial charge on any atom is -0.493 e. The van der Waals surface area contributed by atoms with Gasteiger partial charge in [0.1, 0.15) is 0 Å². The summed E-state index contributed by atoms with van der Waals surface area (Å²) in [4.78, 5) is 0. The molecule has 0 radical (unpaired) electrons. The van der Waals surface area contributed by atoms with Gasteiger partial charge in [0.2, 0.25) is 11.6 Å². The van der Waals surface area contributed by atoms with Crippen molar-refractivity contribution in [2.24, 2.45) is 22.7 Å². The van der Waals surface area contributed by atoms with Gasteiger partial charge in [-0.1, -0.05) is 51.1 Å². The van der Waals surface area contributed by atoms with E-state index in [1.165, 1.54) is 31.3 Å². The molecule has 0 aliphatic heterocycles. The van der Waals surface area contributed by atoms with Crippen LogP contribution in [0.5, 0.6) is 17.2 Å². The van der Waals surface area contributed by atoms with Gasteiger partial charge in [-0.2, -0.15) is 0 Å². The highest BCUT2D eigenvalue weighted by atomic mass is 32.2. The monoisotopic (exact) mass is 486 g/mol. The number of thioether (sulfide) groups is 1. The highest BCUT2D eigenvalue weighted by molar-refractivity contribution is 7.99. The average Bonchev–Trinajstić information content (AvgIpc) is 3.28. The van der Waals surface area contributed by atoms with Crippen molar-refractivity contribution in [1.82, 2.24) is 10.2 Å². The molecule has 2 fully saturated rings. The van der Waals surface area contributed by atoms with E-state index in [4.69, 9.17) is 18.6 Å². The Morgan fingerprint density at radius 3 is 2.41 bits per heavy atom. The molecule has 1 aromatic carbocycles. The van der Waals surface area contributed by atoms with E-state index >= 15 is 0 Å². The molecule has 2 aliphatic rings. The van der Waals surface area contributed by atoms with Crippen LogP contribution >= 0.6 is 11.8 Å². The van der Waals surface area contributed by atoms with Crippen molar-refractivity contribution in [3.05, 3.63) is 24.3 Å². The average molecular weight is 487 g/mol. The molecule has 0 N–H and O–H groups in total. The van der Waals surface area contributed by atoms with Gasteiger partial charge in [0.15, 0.2) is 11.5 Å². The maximum atomic E-state index is 5.99. The molecule has 0 spiro atoms. The summed E-state index contributed by atoms with van der Waals surface area (Å²) < 4.78 is 22.3. The fourth-order valence-electron chi connectivity index (χ4n) is 6.66. The normalized spacial score (nSPS) is 26.1. The third-order valence-electron chi connectivity index (χ3n) is 8.27. The summed E-state index contributed by atoms with van der Waals surface area (Å²) in [6.07, 6.45) is 7.50. The number of fused-ring (bicyclic) bond motifs is 1. The molecule has 2 aliphatic carbocycles. The Bertz CT molecular complexity index is 1010. The van der Waals surface area contributed by atoms with E-state index in [-0.39, 0.29) is 0 Å². The number of hydrogen-bond donors (Lipinski definition) is 0. The first-order valence-corrected chi connectivity index (χ1v) is 13.2. The molecular formula is C27H38N2O4S. The summed E-state index contributed by atoms with van der Waals surface area (Å²) in [5.74, 6) is 4.33. The van der Waals surface area contributed by atoms with Crippen LogP contribution in [0.4, 0.5) is 0 Å². The summed E-state index contributed by atoms with van der Waals surface area (Å²) in [6, 6.07) is 3.64. The summed E-state index contributed by atoms with van der Waals surface area (Å²) in [7, 11) is 4.76. The van der Waals surface area contributed by atoms with Crippen LogP contribution in [0.15, 0.2) is 33.9 Å². The molecule has 1 heterocycles. The lowest BCUT2D eigenvalue weighted by molar-refractivity contribution is -0.0524. The van der Waals surface area contributed by atoms with Gasteiger partial charge in [0.25, 0.3) is 5.22 Å². The molecule has 3 atom stereocenters. The molecular weight excluding hydrogens is 448 g/mol.